The summed E-state index contributed by atoms with van der Waals surface area (Å²) in [7, 11) is 0. The van der Waals surface area contributed by atoms with E-state index >= 15 is 0 Å². The van der Waals surface area contributed by atoms with Crippen LogP contribution in [0.3, 0.4) is 0 Å². The van der Waals surface area contributed by atoms with Crippen molar-refractivity contribution in [3.05, 3.63) is 30.1 Å². The molecule has 1 heterocycles. The summed E-state index contributed by atoms with van der Waals surface area (Å²) in [4.78, 5) is 24.5. The lowest BCUT2D eigenvalue weighted by Crippen LogP contribution is -2.42. The summed E-state index contributed by atoms with van der Waals surface area (Å²) in [6.45, 7) is 0.993. The van der Waals surface area contributed by atoms with Gasteiger partial charge in [-0.05, 0) is 25.0 Å². The van der Waals surface area contributed by atoms with Gasteiger partial charge in [-0.15, -0.1) is 0 Å². The van der Waals surface area contributed by atoms with Crippen LogP contribution in [-0.2, 0) is 9.59 Å². The van der Waals surface area contributed by atoms with E-state index in [-0.39, 0.29) is 31.3 Å². The van der Waals surface area contributed by atoms with Crippen molar-refractivity contribution < 1.29 is 23.8 Å². The zero-order chi connectivity index (χ0) is 15.2. The standard InChI is InChI=1S/C15H18FNO4/c16-12-4-1-5-13(9-12)21-8-6-14(18)17-7-2-3-11(10-17)15(19)20/h1,4-5,9,11H,2-3,6-8,10H2,(H,19,20). The number of piperidine rings is 1. The molecule has 1 aliphatic heterocycles. The molecule has 0 aromatic heterocycles. The average Bonchev–Trinajstić information content (AvgIpc) is 2.47. The molecule has 1 aromatic rings. The second kappa shape index (κ2) is 7.06. The lowest BCUT2D eigenvalue weighted by molar-refractivity contribution is -0.145. The molecule has 5 nitrogen and oxygen atoms in total. The van der Waals surface area contributed by atoms with E-state index in [1.165, 1.54) is 18.2 Å². The third-order valence-corrected chi connectivity index (χ3v) is 3.50. The smallest absolute Gasteiger partial charge is 0.308 e. The van der Waals surface area contributed by atoms with Gasteiger partial charge in [-0.2, -0.15) is 0 Å². The number of rotatable bonds is 5. The Morgan fingerprint density at radius 2 is 2.24 bits per heavy atom. The van der Waals surface area contributed by atoms with Crippen LogP contribution in [0.1, 0.15) is 19.3 Å². The largest absolute Gasteiger partial charge is 0.493 e. The van der Waals surface area contributed by atoms with Gasteiger partial charge in [0.05, 0.1) is 18.9 Å². The summed E-state index contributed by atoms with van der Waals surface area (Å²) in [5, 5.41) is 8.99. The van der Waals surface area contributed by atoms with Gasteiger partial charge in [0.2, 0.25) is 5.91 Å². The molecule has 1 saturated heterocycles. The normalized spacial score (nSPS) is 18.3. The van der Waals surface area contributed by atoms with E-state index in [0.29, 0.717) is 25.1 Å². The monoisotopic (exact) mass is 295 g/mol. The van der Waals surface area contributed by atoms with Gasteiger partial charge < -0.3 is 14.7 Å². The second-order valence-corrected chi connectivity index (χ2v) is 5.07. The molecule has 1 unspecified atom stereocenters. The first-order chi connectivity index (χ1) is 10.1. The van der Waals surface area contributed by atoms with Gasteiger partial charge in [-0.1, -0.05) is 6.07 Å². The van der Waals surface area contributed by atoms with E-state index in [1.54, 1.807) is 11.0 Å². The molecule has 6 heteroatoms. The number of halogens is 1. The summed E-state index contributed by atoms with van der Waals surface area (Å²) in [6.07, 6.45) is 1.47. The van der Waals surface area contributed by atoms with Crippen molar-refractivity contribution in [2.24, 2.45) is 5.92 Å². The Kier molecular flexibility index (Phi) is 5.14. The van der Waals surface area contributed by atoms with Crippen LogP contribution >= 0.6 is 0 Å². The van der Waals surface area contributed by atoms with Crippen molar-refractivity contribution in [3.63, 3.8) is 0 Å². The Morgan fingerprint density at radius 1 is 1.43 bits per heavy atom. The first-order valence-electron chi connectivity index (χ1n) is 6.95. The van der Waals surface area contributed by atoms with E-state index in [2.05, 4.69) is 0 Å². The van der Waals surface area contributed by atoms with Crippen molar-refractivity contribution in [2.45, 2.75) is 19.3 Å². The first kappa shape index (κ1) is 15.3. The van der Waals surface area contributed by atoms with E-state index in [0.717, 1.165) is 0 Å². The zero-order valence-electron chi connectivity index (χ0n) is 11.6. The highest BCUT2D eigenvalue weighted by Gasteiger charge is 2.27. The topological polar surface area (TPSA) is 66.8 Å². The van der Waals surface area contributed by atoms with Crippen molar-refractivity contribution in [3.8, 4) is 5.75 Å². The van der Waals surface area contributed by atoms with Gasteiger partial charge >= 0.3 is 5.97 Å². The van der Waals surface area contributed by atoms with E-state index < -0.39 is 11.9 Å². The second-order valence-electron chi connectivity index (χ2n) is 5.07. The fraction of sp³-hybridized carbons (Fsp3) is 0.467. The van der Waals surface area contributed by atoms with Crippen molar-refractivity contribution in [1.29, 1.82) is 0 Å². The van der Waals surface area contributed by atoms with Gasteiger partial charge in [-0.25, -0.2) is 4.39 Å². The lowest BCUT2D eigenvalue weighted by Gasteiger charge is -2.30. The van der Waals surface area contributed by atoms with Crippen LogP contribution in [0.15, 0.2) is 24.3 Å². The number of likely N-dealkylation sites (tertiary alicyclic amines) is 1. The minimum Gasteiger partial charge on any atom is -0.493 e. The molecule has 0 spiro atoms. The molecule has 114 valence electrons. The lowest BCUT2D eigenvalue weighted by atomic mass is 9.98. The maximum Gasteiger partial charge on any atom is 0.308 e. The third-order valence-electron chi connectivity index (χ3n) is 3.50. The highest BCUT2D eigenvalue weighted by atomic mass is 19.1. The van der Waals surface area contributed by atoms with Crippen LogP contribution in [0, 0.1) is 11.7 Å². The molecule has 2 rings (SSSR count). The first-order valence-corrected chi connectivity index (χ1v) is 6.95. The molecule has 1 aromatic carbocycles. The minimum absolute atomic E-state index is 0.127. The highest BCUT2D eigenvalue weighted by molar-refractivity contribution is 5.78. The number of hydrogen-bond donors (Lipinski definition) is 1. The van der Waals surface area contributed by atoms with Gasteiger partial charge in [0.1, 0.15) is 11.6 Å². The molecule has 1 N–H and O–H groups in total. The molecule has 0 bridgehead atoms. The number of hydrogen-bond acceptors (Lipinski definition) is 3. The molecule has 21 heavy (non-hydrogen) atoms. The molecule has 1 aliphatic rings. The Bertz CT molecular complexity index is 520. The Balaban J connectivity index is 1.78. The van der Waals surface area contributed by atoms with E-state index in [1.807, 2.05) is 0 Å². The van der Waals surface area contributed by atoms with E-state index in [9.17, 15) is 14.0 Å². The Labute approximate surface area is 122 Å². The van der Waals surface area contributed by atoms with Gasteiger partial charge in [-0.3, -0.25) is 9.59 Å². The Morgan fingerprint density at radius 3 is 2.95 bits per heavy atom. The van der Waals surface area contributed by atoms with Crippen molar-refractivity contribution >= 4 is 11.9 Å². The molecular formula is C15H18FNO4. The Hall–Kier alpha value is -2.11. The van der Waals surface area contributed by atoms with Gasteiger partial charge in [0, 0.05) is 19.2 Å². The third kappa shape index (κ3) is 4.44. The number of carbonyl (C=O) groups excluding carboxylic acids is 1. The summed E-state index contributed by atoms with van der Waals surface area (Å²) < 4.78 is 18.3. The van der Waals surface area contributed by atoms with E-state index in [4.69, 9.17) is 9.84 Å². The van der Waals surface area contributed by atoms with Crippen LogP contribution in [0.2, 0.25) is 0 Å². The number of benzene rings is 1. The number of ether oxygens (including phenoxy) is 1. The molecule has 0 aliphatic carbocycles. The number of nitrogens with zero attached hydrogens (tertiary/aromatic N) is 1. The molecule has 1 atom stereocenters. The number of carboxylic acids is 1. The van der Waals surface area contributed by atoms with Crippen LogP contribution in [0.5, 0.6) is 5.75 Å². The van der Waals surface area contributed by atoms with Gasteiger partial charge in [0.15, 0.2) is 0 Å². The average molecular weight is 295 g/mol. The maximum atomic E-state index is 13.0. The molecule has 1 fully saturated rings. The molecule has 0 radical (unpaired) electrons. The van der Waals surface area contributed by atoms with Crippen molar-refractivity contribution in [2.75, 3.05) is 19.7 Å². The maximum absolute atomic E-state index is 13.0. The predicted molar refractivity (Wildman–Crippen MR) is 73.5 cm³/mol. The summed E-state index contributed by atoms with van der Waals surface area (Å²) in [5.41, 5.74) is 0. The van der Waals surface area contributed by atoms with Gasteiger partial charge in [0.25, 0.3) is 0 Å². The number of carboxylic acid groups (broad SMARTS) is 1. The van der Waals surface area contributed by atoms with Crippen molar-refractivity contribution in [1.82, 2.24) is 4.90 Å². The molecule has 0 saturated carbocycles. The SMILES string of the molecule is O=C(O)C1CCCN(C(=O)CCOc2cccc(F)c2)C1. The summed E-state index contributed by atoms with van der Waals surface area (Å²) >= 11 is 0. The quantitative estimate of drug-likeness (QED) is 0.901. The van der Waals surface area contributed by atoms with Crippen LogP contribution in [0.25, 0.3) is 0 Å². The molecular weight excluding hydrogens is 277 g/mol. The number of carbonyl (C=O) groups is 2. The zero-order valence-corrected chi connectivity index (χ0v) is 11.6. The summed E-state index contributed by atoms with van der Waals surface area (Å²) in [5.74, 6) is -1.48. The number of amides is 1. The fourth-order valence-electron chi connectivity index (χ4n) is 2.38. The number of aliphatic carboxylic acids is 1. The van der Waals surface area contributed by atoms with Crippen LogP contribution in [0.4, 0.5) is 4.39 Å². The predicted octanol–water partition coefficient (Wildman–Crippen LogP) is 1.92. The highest BCUT2D eigenvalue weighted by Crippen LogP contribution is 2.18. The molecule has 1 amide bonds. The summed E-state index contributed by atoms with van der Waals surface area (Å²) in [6, 6.07) is 5.73. The minimum atomic E-state index is -0.858. The van der Waals surface area contributed by atoms with Crippen LogP contribution < -0.4 is 4.74 Å². The van der Waals surface area contributed by atoms with Crippen LogP contribution in [-0.4, -0.2) is 41.6 Å². The fourth-order valence-corrected chi connectivity index (χ4v) is 2.38.